The zero-order valence-electron chi connectivity index (χ0n) is 7.14. The van der Waals surface area contributed by atoms with Crippen molar-refractivity contribution in [3.05, 3.63) is 24.8 Å². The van der Waals surface area contributed by atoms with Crippen molar-refractivity contribution in [1.82, 2.24) is 0 Å². The summed E-state index contributed by atoms with van der Waals surface area (Å²) in [4.78, 5) is 20.6. The molecule has 0 radical (unpaired) electrons. The Kier molecular flexibility index (Phi) is 1.79. The molecule has 2 aliphatic rings. The first kappa shape index (κ1) is 8.23. The molecule has 1 aliphatic carbocycles. The van der Waals surface area contributed by atoms with Crippen molar-refractivity contribution < 1.29 is 14.3 Å². The molecule has 1 saturated heterocycles. The second-order valence-corrected chi connectivity index (χ2v) is 3.37. The summed E-state index contributed by atoms with van der Waals surface area (Å²) in [5.74, 6) is -0.901. The number of carbonyl (C=O) groups is 1. The molecule has 0 aromatic rings. The highest BCUT2D eigenvalue weighted by atomic mass is 16.6. The van der Waals surface area contributed by atoms with Gasteiger partial charge in [0, 0.05) is 5.92 Å². The SMILES string of the molecule is C=CC1C=CCC2C(=[OH+])OC(=O)C12. The van der Waals surface area contributed by atoms with Crippen molar-refractivity contribution >= 4 is 11.9 Å². The van der Waals surface area contributed by atoms with Crippen LogP contribution in [0, 0.1) is 17.8 Å². The molecule has 0 spiro atoms. The Morgan fingerprint density at radius 1 is 1.69 bits per heavy atom. The summed E-state index contributed by atoms with van der Waals surface area (Å²) in [5, 5.41) is 0. The average Bonchev–Trinajstić information content (AvgIpc) is 2.43. The fourth-order valence-corrected chi connectivity index (χ4v) is 1.96. The van der Waals surface area contributed by atoms with Crippen LogP contribution in [0.5, 0.6) is 0 Å². The molecule has 1 heterocycles. The number of hydrogen-bond acceptors (Lipinski definition) is 2. The van der Waals surface area contributed by atoms with Crippen LogP contribution < -0.4 is 0 Å². The standard InChI is InChI=1S/C10H10O3/c1-2-6-4-3-5-7-8(6)10(12)13-9(7)11/h2-4,6-8H,1,5H2/p+1. The smallest absolute Gasteiger partial charge is 0.338 e. The third-order valence-corrected chi connectivity index (χ3v) is 2.66. The van der Waals surface area contributed by atoms with Crippen LogP contribution >= 0.6 is 0 Å². The molecule has 1 fully saturated rings. The average molecular weight is 179 g/mol. The van der Waals surface area contributed by atoms with Crippen molar-refractivity contribution in [3.63, 3.8) is 0 Å². The Morgan fingerprint density at radius 2 is 2.46 bits per heavy atom. The predicted molar refractivity (Wildman–Crippen MR) is 47.5 cm³/mol. The van der Waals surface area contributed by atoms with Gasteiger partial charge in [-0.25, -0.2) is 9.53 Å². The summed E-state index contributed by atoms with van der Waals surface area (Å²) in [6, 6.07) is 0. The van der Waals surface area contributed by atoms with E-state index in [0.29, 0.717) is 6.42 Å². The van der Waals surface area contributed by atoms with Crippen LogP contribution in [-0.2, 0) is 9.53 Å². The van der Waals surface area contributed by atoms with Crippen molar-refractivity contribution in [2.75, 3.05) is 0 Å². The Bertz CT molecular complexity index is 303. The summed E-state index contributed by atoms with van der Waals surface area (Å²) < 4.78 is 4.69. The van der Waals surface area contributed by atoms with E-state index in [0.717, 1.165) is 0 Å². The highest BCUT2D eigenvalue weighted by Gasteiger charge is 2.54. The van der Waals surface area contributed by atoms with Crippen molar-refractivity contribution in [2.45, 2.75) is 6.42 Å². The van der Waals surface area contributed by atoms with E-state index < -0.39 is 0 Å². The first-order chi connectivity index (χ1) is 6.24. The minimum atomic E-state index is -0.336. The lowest BCUT2D eigenvalue weighted by Crippen LogP contribution is -2.26. The molecule has 0 bridgehead atoms. The first-order valence-electron chi connectivity index (χ1n) is 4.30. The van der Waals surface area contributed by atoms with Crippen molar-refractivity contribution in [2.24, 2.45) is 17.8 Å². The highest BCUT2D eigenvalue weighted by Crippen LogP contribution is 2.37. The Morgan fingerprint density at radius 3 is 3.15 bits per heavy atom. The second-order valence-electron chi connectivity index (χ2n) is 3.37. The number of fused-ring (bicyclic) bond motifs is 1. The highest BCUT2D eigenvalue weighted by molar-refractivity contribution is 5.97. The monoisotopic (exact) mass is 179 g/mol. The fourth-order valence-electron chi connectivity index (χ4n) is 1.96. The maximum Gasteiger partial charge on any atom is 0.496 e. The molecular weight excluding hydrogens is 168 g/mol. The van der Waals surface area contributed by atoms with Gasteiger partial charge in [-0.3, -0.25) is 0 Å². The third-order valence-electron chi connectivity index (χ3n) is 2.66. The van der Waals surface area contributed by atoms with Crippen LogP contribution in [0.4, 0.5) is 0 Å². The van der Waals surface area contributed by atoms with Crippen LogP contribution in [0.1, 0.15) is 6.42 Å². The number of cyclic esters (lactones) is 2. The van der Waals surface area contributed by atoms with Gasteiger partial charge in [-0.15, -0.1) is 6.58 Å². The number of allylic oxidation sites excluding steroid dienone is 3. The Hall–Kier alpha value is -1.38. The van der Waals surface area contributed by atoms with E-state index in [1.165, 1.54) is 0 Å². The van der Waals surface area contributed by atoms with Gasteiger partial charge in [0.1, 0.15) is 11.8 Å². The van der Waals surface area contributed by atoms with Gasteiger partial charge < -0.3 is 4.79 Å². The van der Waals surface area contributed by atoms with E-state index >= 15 is 0 Å². The summed E-state index contributed by atoms with van der Waals surface area (Å²) in [5.41, 5.74) is 0. The fraction of sp³-hybridized carbons (Fsp3) is 0.400. The molecule has 0 saturated carbocycles. The van der Waals surface area contributed by atoms with Gasteiger partial charge in [0.25, 0.3) is 0 Å². The van der Waals surface area contributed by atoms with Gasteiger partial charge >= 0.3 is 11.9 Å². The van der Waals surface area contributed by atoms with E-state index in [4.69, 9.17) is 0 Å². The summed E-state index contributed by atoms with van der Waals surface area (Å²) in [6.07, 6.45) is 6.28. The molecule has 3 heteroatoms. The molecule has 0 aromatic carbocycles. The number of carbonyl (C=O) groups excluding carboxylic acids is 2. The molecule has 2 rings (SSSR count). The molecule has 3 atom stereocenters. The molecular formula is C10H11O3+. The minimum absolute atomic E-state index is 0.00380. The molecule has 0 amide bonds. The summed E-state index contributed by atoms with van der Waals surface area (Å²) in [6.45, 7) is 3.65. The van der Waals surface area contributed by atoms with Gasteiger partial charge in [0.2, 0.25) is 0 Å². The molecule has 13 heavy (non-hydrogen) atoms. The molecule has 68 valence electrons. The number of rotatable bonds is 1. The molecule has 1 N–H and O–H groups in total. The largest absolute Gasteiger partial charge is 0.496 e. The van der Waals surface area contributed by atoms with Crippen LogP contribution in [0.3, 0.4) is 0 Å². The maximum atomic E-state index is 11.3. The zero-order valence-corrected chi connectivity index (χ0v) is 7.14. The van der Waals surface area contributed by atoms with Crippen molar-refractivity contribution in [3.8, 4) is 0 Å². The van der Waals surface area contributed by atoms with E-state index in [2.05, 4.69) is 11.3 Å². The minimum Gasteiger partial charge on any atom is -0.338 e. The van der Waals surface area contributed by atoms with Crippen LogP contribution in [0.25, 0.3) is 0 Å². The van der Waals surface area contributed by atoms with Gasteiger partial charge in [-0.2, -0.15) is 0 Å². The van der Waals surface area contributed by atoms with E-state index in [-0.39, 0.29) is 29.7 Å². The quantitative estimate of drug-likeness (QED) is 0.261. The van der Waals surface area contributed by atoms with Crippen LogP contribution in [-0.4, -0.2) is 16.7 Å². The number of esters is 2. The van der Waals surface area contributed by atoms with Gasteiger partial charge in [-0.1, -0.05) is 18.2 Å². The predicted octanol–water partition coefficient (Wildman–Crippen LogP) is 1.04. The zero-order chi connectivity index (χ0) is 9.42. The molecule has 0 aromatic heterocycles. The molecule has 3 unspecified atom stereocenters. The van der Waals surface area contributed by atoms with E-state index in [9.17, 15) is 9.59 Å². The Labute approximate surface area is 76.1 Å². The van der Waals surface area contributed by atoms with Crippen LogP contribution in [0.15, 0.2) is 24.8 Å². The molecule has 1 aliphatic heterocycles. The van der Waals surface area contributed by atoms with Crippen LogP contribution in [0.2, 0.25) is 0 Å². The second kappa shape index (κ2) is 2.83. The lowest BCUT2D eigenvalue weighted by atomic mass is 9.77. The lowest BCUT2D eigenvalue weighted by Gasteiger charge is -2.18. The Balaban J connectivity index is 2.34. The first-order valence-corrected chi connectivity index (χ1v) is 4.30. The van der Waals surface area contributed by atoms with Gasteiger partial charge in [0.05, 0.1) is 0 Å². The van der Waals surface area contributed by atoms with E-state index in [1.54, 1.807) is 6.08 Å². The number of ether oxygens (including phenoxy) is 1. The number of hydrogen-bond donors (Lipinski definition) is 0. The van der Waals surface area contributed by atoms with Gasteiger partial charge in [0.15, 0.2) is 0 Å². The summed E-state index contributed by atoms with van der Waals surface area (Å²) in [7, 11) is 0. The maximum absolute atomic E-state index is 11.3. The summed E-state index contributed by atoms with van der Waals surface area (Å²) >= 11 is 0. The topological polar surface area (TPSA) is 47.7 Å². The van der Waals surface area contributed by atoms with Gasteiger partial charge in [-0.05, 0) is 6.42 Å². The normalized spacial score (nSPS) is 37.1. The third kappa shape index (κ3) is 1.11. The molecule has 3 nitrogen and oxygen atoms in total. The van der Waals surface area contributed by atoms with E-state index in [1.807, 2.05) is 12.2 Å². The van der Waals surface area contributed by atoms with Crippen molar-refractivity contribution in [1.29, 1.82) is 0 Å². The lowest BCUT2D eigenvalue weighted by molar-refractivity contribution is -0.138.